The van der Waals surface area contributed by atoms with Gasteiger partial charge in [-0.25, -0.2) is 0 Å². The average Bonchev–Trinajstić information content (AvgIpc) is 3.62. The van der Waals surface area contributed by atoms with Crippen LogP contribution < -0.4 is 16.4 Å². The fraction of sp³-hybridized carbons (Fsp3) is 0.0233. The first-order valence-electron chi connectivity index (χ1n) is 16.0. The third-order valence-electron chi connectivity index (χ3n) is 10.00. The van der Waals surface area contributed by atoms with E-state index in [9.17, 15) is 0 Å². The van der Waals surface area contributed by atoms with E-state index in [4.69, 9.17) is 0 Å². The van der Waals surface area contributed by atoms with Crippen LogP contribution in [0.5, 0.6) is 0 Å². The van der Waals surface area contributed by atoms with Crippen molar-refractivity contribution in [2.45, 2.75) is 15.7 Å². The molecule has 2 heterocycles. The summed E-state index contributed by atoms with van der Waals surface area (Å²) in [4.78, 5) is 2.71. The van der Waals surface area contributed by atoms with Crippen molar-refractivity contribution in [3.8, 4) is 16.8 Å². The van der Waals surface area contributed by atoms with E-state index in [1.54, 1.807) is 0 Å². The van der Waals surface area contributed by atoms with E-state index in [1.165, 1.54) is 81.5 Å². The van der Waals surface area contributed by atoms with Gasteiger partial charge in [-0.3, -0.25) is 0 Å². The molecule has 0 radical (unpaired) electrons. The van der Waals surface area contributed by atoms with Gasteiger partial charge in [0, 0.05) is 32.2 Å². The highest BCUT2D eigenvalue weighted by Crippen LogP contribution is 2.51. The van der Waals surface area contributed by atoms with Gasteiger partial charge >= 0.3 is 0 Å². The quantitative estimate of drug-likeness (QED) is 0.183. The minimum Gasteiger partial charge on any atom is -0.309 e. The van der Waals surface area contributed by atoms with E-state index < -0.39 is 0 Å². The molecule has 0 N–H and O–H groups in total. The lowest BCUT2D eigenvalue weighted by atomic mass is 9.36. The molecule has 10 rings (SSSR count). The monoisotopic (exact) mass is 601 g/mol. The predicted octanol–water partition coefficient (Wildman–Crippen LogP) is 8.93. The standard InChI is InChI=1S/C43H28BNS/c1-3-13-29(14-4-1)44-37-20-10-12-22-41(37)46-42-25-28(23-24-38(42)44)43-33-19-8-7-17-31(33)34-26-35-32-18-9-11-21-39(32)45(40(35)27-36(34)43)30-15-5-2-6-16-30/h1-27,43H. The van der Waals surface area contributed by atoms with Crippen molar-refractivity contribution < 1.29 is 0 Å². The van der Waals surface area contributed by atoms with Crippen molar-refractivity contribution in [3.05, 3.63) is 180 Å². The Balaban J connectivity index is 1.20. The topological polar surface area (TPSA) is 4.93 Å². The number of aromatic nitrogens is 1. The summed E-state index contributed by atoms with van der Waals surface area (Å²) in [6.45, 7) is 0.229. The second-order valence-electron chi connectivity index (χ2n) is 12.4. The summed E-state index contributed by atoms with van der Waals surface area (Å²) < 4.78 is 2.44. The third kappa shape index (κ3) is 3.79. The van der Waals surface area contributed by atoms with Crippen LogP contribution in [0.15, 0.2) is 174 Å². The van der Waals surface area contributed by atoms with Crippen molar-refractivity contribution in [2.24, 2.45) is 0 Å². The Kier molecular flexibility index (Phi) is 5.73. The minimum atomic E-state index is 0.163. The van der Waals surface area contributed by atoms with E-state index in [0.29, 0.717) is 0 Å². The smallest absolute Gasteiger partial charge is 0.244 e. The van der Waals surface area contributed by atoms with Crippen molar-refractivity contribution in [1.29, 1.82) is 0 Å². The SMILES string of the molecule is c1ccc(B2c3ccccc3Sc3cc(C4c5ccccc5-c5cc6c7ccccc7n(-c7ccccc7)c6cc54)ccc32)cc1. The summed E-state index contributed by atoms with van der Waals surface area (Å²) in [5.41, 5.74) is 14.6. The Morgan fingerprint density at radius 2 is 1.20 bits per heavy atom. The maximum Gasteiger partial charge on any atom is 0.244 e. The zero-order valence-corrected chi connectivity index (χ0v) is 25.9. The lowest BCUT2D eigenvalue weighted by Gasteiger charge is -2.27. The molecule has 3 heteroatoms. The molecule has 0 fully saturated rings. The molecule has 7 aromatic carbocycles. The van der Waals surface area contributed by atoms with Crippen LogP contribution in [0.3, 0.4) is 0 Å². The maximum absolute atomic E-state index is 2.49. The first-order valence-corrected chi connectivity index (χ1v) is 16.8. The number of nitrogens with zero attached hydrogens (tertiary/aromatic N) is 1. The molecule has 1 unspecified atom stereocenters. The highest BCUT2D eigenvalue weighted by atomic mass is 32.2. The molecular weight excluding hydrogens is 573 g/mol. The van der Waals surface area contributed by atoms with Crippen LogP contribution in [0.1, 0.15) is 22.6 Å². The molecule has 0 spiro atoms. The van der Waals surface area contributed by atoms with Crippen LogP contribution in [0.2, 0.25) is 0 Å². The number of fused-ring (bicyclic) bond motifs is 8. The summed E-state index contributed by atoms with van der Waals surface area (Å²) in [5, 5.41) is 2.60. The Morgan fingerprint density at radius 1 is 0.478 bits per heavy atom. The fourth-order valence-corrected chi connectivity index (χ4v) is 9.23. The fourth-order valence-electron chi connectivity index (χ4n) is 8.04. The number of para-hydroxylation sites is 2. The van der Waals surface area contributed by atoms with E-state index >= 15 is 0 Å². The molecule has 214 valence electrons. The molecular formula is C43H28BNS. The van der Waals surface area contributed by atoms with Gasteiger partial charge < -0.3 is 4.57 Å². The van der Waals surface area contributed by atoms with Gasteiger partial charge in [0.25, 0.3) is 0 Å². The van der Waals surface area contributed by atoms with Crippen molar-refractivity contribution in [1.82, 2.24) is 4.57 Å². The molecule has 46 heavy (non-hydrogen) atoms. The molecule has 1 aromatic heterocycles. The normalized spacial score (nSPS) is 14.6. The molecule has 1 atom stereocenters. The van der Waals surface area contributed by atoms with Gasteiger partial charge in [0.05, 0.1) is 11.0 Å². The van der Waals surface area contributed by atoms with Gasteiger partial charge in [-0.15, -0.1) is 0 Å². The Morgan fingerprint density at radius 3 is 2.09 bits per heavy atom. The summed E-state index contributed by atoms with van der Waals surface area (Å²) >= 11 is 1.92. The van der Waals surface area contributed by atoms with Crippen molar-refractivity contribution >= 4 is 56.7 Å². The molecule has 0 amide bonds. The van der Waals surface area contributed by atoms with Gasteiger partial charge in [-0.2, -0.15) is 0 Å². The Labute approximate surface area is 273 Å². The largest absolute Gasteiger partial charge is 0.309 e. The first-order chi connectivity index (χ1) is 22.8. The van der Waals surface area contributed by atoms with Crippen LogP contribution in [-0.2, 0) is 0 Å². The minimum absolute atomic E-state index is 0.163. The zero-order chi connectivity index (χ0) is 30.2. The van der Waals surface area contributed by atoms with Gasteiger partial charge in [0.15, 0.2) is 0 Å². The van der Waals surface area contributed by atoms with Gasteiger partial charge in [-0.1, -0.05) is 149 Å². The first kappa shape index (κ1) is 26.0. The molecule has 1 nitrogen and oxygen atoms in total. The van der Waals surface area contributed by atoms with E-state index in [2.05, 4.69) is 168 Å². The summed E-state index contributed by atoms with van der Waals surface area (Å²) in [6, 6.07) is 60.8. The maximum atomic E-state index is 2.49. The molecule has 8 aromatic rings. The number of benzene rings is 7. The van der Waals surface area contributed by atoms with E-state index in [0.717, 1.165) is 0 Å². The Hall–Kier alpha value is -5.25. The molecule has 0 bridgehead atoms. The lowest BCUT2D eigenvalue weighted by molar-refractivity contribution is 1.01. The highest BCUT2D eigenvalue weighted by molar-refractivity contribution is 8.00. The van der Waals surface area contributed by atoms with Crippen LogP contribution in [0, 0.1) is 0 Å². The number of rotatable bonds is 3. The summed E-state index contributed by atoms with van der Waals surface area (Å²) in [5.74, 6) is 0.163. The van der Waals surface area contributed by atoms with E-state index in [1.807, 2.05) is 11.8 Å². The van der Waals surface area contributed by atoms with Crippen LogP contribution in [0.25, 0.3) is 38.6 Å². The van der Waals surface area contributed by atoms with Crippen molar-refractivity contribution in [3.63, 3.8) is 0 Å². The second-order valence-corrected chi connectivity index (χ2v) is 13.5. The van der Waals surface area contributed by atoms with Gasteiger partial charge in [0.2, 0.25) is 6.71 Å². The van der Waals surface area contributed by atoms with Crippen LogP contribution >= 0.6 is 11.8 Å². The average molecular weight is 602 g/mol. The summed E-state index contributed by atoms with van der Waals surface area (Å²) in [6.07, 6.45) is 0. The molecule has 1 aliphatic carbocycles. The van der Waals surface area contributed by atoms with Crippen molar-refractivity contribution in [2.75, 3.05) is 0 Å². The zero-order valence-electron chi connectivity index (χ0n) is 25.1. The number of hydrogen-bond acceptors (Lipinski definition) is 1. The molecule has 2 aliphatic rings. The van der Waals surface area contributed by atoms with Gasteiger partial charge in [-0.05, 0) is 70.3 Å². The number of hydrogen-bond donors (Lipinski definition) is 0. The molecule has 1 aliphatic heterocycles. The second kappa shape index (κ2) is 10.1. The highest BCUT2D eigenvalue weighted by Gasteiger charge is 2.35. The van der Waals surface area contributed by atoms with Crippen LogP contribution in [0.4, 0.5) is 0 Å². The molecule has 0 saturated heterocycles. The van der Waals surface area contributed by atoms with E-state index in [-0.39, 0.29) is 12.6 Å². The predicted molar refractivity (Wildman–Crippen MR) is 195 cm³/mol. The van der Waals surface area contributed by atoms with Gasteiger partial charge in [0.1, 0.15) is 0 Å². The Bertz CT molecular complexity index is 2460. The van der Waals surface area contributed by atoms with Crippen LogP contribution in [-0.4, -0.2) is 11.3 Å². The molecule has 0 saturated carbocycles. The third-order valence-corrected chi connectivity index (χ3v) is 11.2. The lowest BCUT2D eigenvalue weighted by Crippen LogP contribution is -2.55. The summed E-state index contributed by atoms with van der Waals surface area (Å²) in [7, 11) is 0.